The molecule has 0 spiro atoms. The first-order valence-corrected chi connectivity index (χ1v) is 9.75. The standard InChI is InChI=1S/C22H35NO/c1-6-8-9-10-11-14-17-23-20-16-13-12-15-19(20)18(3)21(24-7-2)22(23,4)5/h12-13,15-16H,6-11,14,17H2,1-5H3. The number of nitrogens with zero attached hydrogens (tertiary/aromatic N) is 1. The molecule has 1 aromatic carbocycles. The molecule has 0 atom stereocenters. The summed E-state index contributed by atoms with van der Waals surface area (Å²) in [5.74, 6) is 1.13. The van der Waals surface area contributed by atoms with Crippen LogP contribution in [0.5, 0.6) is 0 Å². The highest BCUT2D eigenvalue weighted by Crippen LogP contribution is 2.43. The van der Waals surface area contributed by atoms with Crippen molar-refractivity contribution in [2.45, 2.75) is 78.7 Å². The lowest BCUT2D eigenvalue weighted by Crippen LogP contribution is -2.49. The lowest BCUT2D eigenvalue weighted by atomic mass is 9.86. The van der Waals surface area contributed by atoms with E-state index in [-0.39, 0.29) is 5.54 Å². The molecule has 0 N–H and O–H groups in total. The fourth-order valence-electron chi connectivity index (χ4n) is 3.91. The van der Waals surface area contributed by atoms with Gasteiger partial charge in [-0.25, -0.2) is 0 Å². The van der Waals surface area contributed by atoms with Gasteiger partial charge in [-0.15, -0.1) is 0 Å². The maximum atomic E-state index is 6.09. The van der Waals surface area contributed by atoms with E-state index >= 15 is 0 Å². The molecule has 2 rings (SSSR count). The number of anilines is 1. The molecule has 134 valence electrons. The van der Waals surface area contributed by atoms with Gasteiger partial charge in [-0.05, 0) is 45.8 Å². The Morgan fingerprint density at radius 2 is 1.62 bits per heavy atom. The molecule has 1 aliphatic heterocycles. The van der Waals surface area contributed by atoms with Gasteiger partial charge in [-0.1, -0.05) is 57.2 Å². The zero-order valence-electron chi connectivity index (χ0n) is 16.3. The average Bonchev–Trinajstić information content (AvgIpc) is 2.57. The summed E-state index contributed by atoms with van der Waals surface area (Å²) < 4.78 is 6.09. The molecule has 0 saturated heterocycles. The summed E-state index contributed by atoms with van der Waals surface area (Å²) in [7, 11) is 0. The molecule has 1 aliphatic rings. The van der Waals surface area contributed by atoms with E-state index < -0.39 is 0 Å². The Morgan fingerprint density at radius 3 is 2.33 bits per heavy atom. The summed E-state index contributed by atoms with van der Waals surface area (Å²) in [6, 6.07) is 8.78. The van der Waals surface area contributed by atoms with Gasteiger partial charge < -0.3 is 9.64 Å². The van der Waals surface area contributed by atoms with Gasteiger partial charge in [0.25, 0.3) is 0 Å². The third-order valence-electron chi connectivity index (χ3n) is 5.19. The molecule has 1 heterocycles. The summed E-state index contributed by atoms with van der Waals surface area (Å²) in [5.41, 5.74) is 3.89. The van der Waals surface area contributed by atoms with E-state index in [0.29, 0.717) is 0 Å². The van der Waals surface area contributed by atoms with Gasteiger partial charge in [0.15, 0.2) is 0 Å². The predicted molar refractivity (Wildman–Crippen MR) is 105 cm³/mol. The second-order valence-corrected chi connectivity index (χ2v) is 7.38. The van der Waals surface area contributed by atoms with Gasteiger partial charge in [-0.2, -0.15) is 0 Å². The van der Waals surface area contributed by atoms with Gasteiger partial charge in [0.1, 0.15) is 5.76 Å². The van der Waals surface area contributed by atoms with Crippen LogP contribution in [0.15, 0.2) is 30.0 Å². The number of fused-ring (bicyclic) bond motifs is 1. The van der Waals surface area contributed by atoms with E-state index in [1.54, 1.807) is 0 Å². The normalized spacial score (nSPS) is 16.3. The van der Waals surface area contributed by atoms with E-state index in [1.807, 2.05) is 0 Å². The molecule has 0 radical (unpaired) electrons. The third kappa shape index (κ3) is 3.96. The molecule has 0 aromatic heterocycles. The molecule has 1 aromatic rings. The Labute approximate surface area is 148 Å². The van der Waals surface area contributed by atoms with Gasteiger partial charge in [0, 0.05) is 17.8 Å². The van der Waals surface area contributed by atoms with Crippen LogP contribution in [0.25, 0.3) is 5.57 Å². The molecule has 0 bridgehead atoms. The zero-order valence-corrected chi connectivity index (χ0v) is 16.3. The van der Waals surface area contributed by atoms with Crippen molar-refractivity contribution in [2.75, 3.05) is 18.1 Å². The fraction of sp³-hybridized carbons (Fsp3) is 0.636. The predicted octanol–water partition coefficient (Wildman–Crippen LogP) is 6.41. The number of hydrogen-bond acceptors (Lipinski definition) is 2. The summed E-state index contributed by atoms with van der Waals surface area (Å²) in [6.45, 7) is 13.0. The minimum Gasteiger partial charge on any atom is -0.495 e. The van der Waals surface area contributed by atoms with Gasteiger partial charge in [0.2, 0.25) is 0 Å². The molecule has 0 amide bonds. The van der Waals surface area contributed by atoms with Crippen LogP contribution in [-0.2, 0) is 4.74 Å². The highest BCUT2D eigenvalue weighted by molar-refractivity contribution is 5.82. The topological polar surface area (TPSA) is 12.5 Å². The van der Waals surface area contributed by atoms with Crippen LogP contribution in [-0.4, -0.2) is 18.7 Å². The van der Waals surface area contributed by atoms with E-state index in [2.05, 4.69) is 63.8 Å². The van der Waals surface area contributed by atoms with Crippen LogP contribution in [0.3, 0.4) is 0 Å². The fourth-order valence-corrected chi connectivity index (χ4v) is 3.91. The molecule has 2 nitrogen and oxygen atoms in total. The summed E-state index contributed by atoms with van der Waals surface area (Å²) in [5, 5.41) is 0. The maximum absolute atomic E-state index is 6.09. The average molecular weight is 330 g/mol. The minimum atomic E-state index is -0.0855. The van der Waals surface area contributed by atoms with Crippen LogP contribution in [0.2, 0.25) is 0 Å². The van der Waals surface area contributed by atoms with Crippen molar-refractivity contribution >= 4 is 11.3 Å². The highest BCUT2D eigenvalue weighted by atomic mass is 16.5. The number of ether oxygens (including phenoxy) is 1. The summed E-state index contributed by atoms with van der Waals surface area (Å²) in [6.07, 6.45) is 7.99. The SMILES string of the molecule is CCCCCCCCN1c2ccccc2C(C)=C(OCC)C1(C)C. The molecule has 0 saturated carbocycles. The summed E-state index contributed by atoms with van der Waals surface area (Å²) in [4.78, 5) is 2.56. The lowest BCUT2D eigenvalue weighted by molar-refractivity contribution is 0.183. The second kappa shape index (κ2) is 8.60. The van der Waals surface area contributed by atoms with Crippen molar-refractivity contribution < 1.29 is 4.74 Å². The van der Waals surface area contributed by atoms with Gasteiger partial charge in [-0.3, -0.25) is 0 Å². The Balaban J connectivity index is 2.17. The van der Waals surface area contributed by atoms with Crippen LogP contribution >= 0.6 is 0 Å². The number of benzene rings is 1. The highest BCUT2D eigenvalue weighted by Gasteiger charge is 2.38. The molecule has 0 fully saturated rings. The van der Waals surface area contributed by atoms with Crippen LogP contribution < -0.4 is 4.90 Å². The molecule has 0 unspecified atom stereocenters. The van der Waals surface area contributed by atoms with Crippen molar-refractivity contribution in [1.29, 1.82) is 0 Å². The van der Waals surface area contributed by atoms with Crippen molar-refractivity contribution in [1.82, 2.24) is 0 Å². The van der Waals surface area contributed by atoms with Crippen molar-refractivity contribution in [2.24, 2.45) is 0 Å². The van der Waals surface area contributed by atoms with Crippen LogP contribution in [0.4, 0.5) is 5.69 Å². The lowest BCUT2D eigenvalue weighted by Gasteiger charge is -2.46. The molecule has 2 heteroatoms. The Bertz CT molecular complexity index is 559. The molecule has 0 aliphatic carbocycles. The van der Waals surface area contributed by atoms with Gasteiger partial charge >= 0.3 is 0 Å². The van der Waals surface area contributed by atoms with E-state index in [9.17, 15) is 0 Å². The Morgan fingerprint density at radius 1 is 0.958 bits per heavy atom. The van der Waals surface area contributed by atoms with Crippen molar-refractivity contribution in [3.8, 4) is 0 Å². The van der Waals surface area contributed by atoms with Crippen LogP contribution in [0, 0.1) is 0 Å². The summed E-state index contributed by atoms with van der Waals surface area (Å²) >= 11 is 0. The number of hydrogen-bond donors (Lipinski definition) is 0. The van der Waals surface area contributed by atoms with Crippen molar-refractivity contribution in [3.05, 3.63) is 35.6 Å². The molecular formula is C22H35NO. The quantitative estimate of drug-likeness (QED) is 0.485. The number of unbranched alkanes of at least 4 members (excludes halogenated alkanes) is 5. The third-order valence-corrected chi connectivity index (χ3v) is 5.19. The monoisotopic (exact) mass is 329 g/mol. The first kappa shape index (κ1) is 18.9. The number of para-hydroxylation sites is 1. The smallest absolute Gasteiger partial charge is 0.124 e. The minimum absolute atomic E-state index is 0.0855. The molecule has 24 heavy (non-hydrogen) atoms. The first-order valence-electron chi connectivity index (χ1n) is 9.75. The van der Waals surface area contributed by atoms with E-state index in [1.165, 1.54) is 55.3 Å². The number of allylic oxidation sites excluding steroid dienone is 1. The number of rotatable bonds is 9. The Kier molecular flexibility index (Phi) is 6.77. The van der Waals surface area contributed by atoms with Crippen LogP contribution in [0.1, 0.15) is 78.7 Å². The first-order chi connectivity index (χ1) is 11.5. The maximum Gasteiger partial charge on any atom is 0.124 e. The van der Waals surface area contributed by atoms with Crippen molar-refractivity contribution in [3.63, 3.8) is 0 Å². The van der Waals surface area contributed by atoms with E-state index in [0.717, 1.165) is 18.9 Å². The van der Waals surface area contributed by atoms with Gasteiger partial charge in [0.05, 0.1) is 12.1 Å². The largest absolute Gasteiger partial charge is 0.495 e. The second-order valence-electron chi connectivity index (χ2n) is 7.38. The zero-order chi connectivity index (χ0) is 17.6. The van der Waals surface area contributed by atoms with E-state index in [4.69, 9.17) is 4.74 Å². The Hall–Kier alpha value is -1.44. The molecular weight excluding hydrogens is 294 g/mol.